The second-order valence-electron chi connectivity index (χ2n) is 14.0. The number of furan rings is 1. The molecule has 1 aromatic rings. The number of carbonyl (C=O) groups is 5. The summed E-state index contributed by atoms with van der Waals surface area (Å²) in [5, 5.41) is 12.6. The van der Waals surface area contributed by atoms with Crippen molar-refractivity contribution in [1.29, 1.82) is 0 Å². The number of aliphatic hydroxyl groups is 1. The average Bonchev–Trinajstić information content (AvgIpc) is 3.51. The molecule has 4 aliphatic rings. The molecular weight excluding hydrogens is 584 g/mol. The normalized spacial score (nSPS) is 37.7. The second-order valence-corrected chi connectivity index (χ2v) is 14.0. The van der Waals surface area contributed by atoms with Crippen LogP contribution in [0.2, 0.25) is 0 Å². The Morgan fingerprint density at radius 3 is 2.38 bits per heavy atom. The summed E-state index contributed by atoms with van der Waals surface area (Å²) >= 11 is 0. The highest BCUT2D eigenvalue weighted by Gasteiger charge is 2.76. The van der Waals surface area contributed by atoms with Crippen LogP contribution in [0.3, 0.4) is 0 Å². The topological polar surface area (TPSA) is 156 Å². The molecule has 2 heterocycles. The number of hydrogen-bond acceptors (Lipinski definition) is 11. The molecule has 0 unspecified atom stereocenters. The van der Waals surface area contributed by atoms with Crippen LogP contribution in [0.15, 0.2) is 46.3 Å². The van der Waals surface area contributed by atoms with E-state index >= 15 is 0 Å². The van der Waals surface area contributed by atoms with Crippen molar-refractivity contribution >= 4 is 29.7 Å². The third-order valence-corrected chi connectivity index (χ3v) is 11.1. The largest absolute Gasteiger partial charge is 0.472 e. The lowest BCUT2D eigenvalue weighted by Gasteiger charge is -2.66. The Balaban J connectivity index is 1.76. The standard InChI is InChI=1S/C34H42O11/c1-9-17(2)27(37)45-30-31(4,5)25(24(28(38)41-8)43-18(3)35)33(7)21-10-12-32(6)22(20(21)15-34(30,40)29(33)39)14-23(36)44-26(32)19-11-13-42-16-19/h9,11,13,15-16,21-22,24-26,30,40H,10,12,14H2,1-8H3/t21-,22+,24+,25-,26-,30-,32+,33+,34-/m0/s1. The molecule has 0 spiro atoms. The molecule has 3 aliphatic carbocycles. The minimum absolute atomic E-state index is 0.00585. The van der Waals surface area contributed by atoms with Crippen LogP contribution in [0.5, 0.6) is 0 Å². The third kappa shape index (κ3) is 4.68. The summed E-state index contributed by atoms with van der Waals surface area (Å²) in [6, 6.07) is 1.75. The lowest BCUT2D eigenvalue weighted by Crippen LogP contribution is -2.76. The van der Waals surface area contributed by atoms with Crippen LogP contribution >= 0.6 is 0 Å². The maximum atomic E-state index is 14.8. The highest BCUT2D eigenvalue weighted by atomic mass is 16.6. The Labute approximate surface area is 262 Å². The first kappa shape index (κ1) is 32.7. The Bertz CT molecular complexity index is 1480. The van der Waals surface area contributed by atoms with Gasteiger partial charge in [0.15, 0.2) is 11.4 Å². The zero-order valence-corrected chi connectivity index (χ0v) is 27.0. The third-order valence-electron chi connectivity index (χ3n) is 11.1. The van der Waals surface area contributed by atoms with E-state index in [-0.39, 0.29) is 12.0 Å². The minimum Gasteiger partial charge on any atom is -0.472 e. The summed E-state index contributed by atoms with van der Waals surface area (Å²) in [6.45, 7) is 11.4. The quantitative estimate of drug-likeness (QED) is 0.209. The van der Waals surface area contributed by atoms with Gasteiger partial charge in [0.05, 0.1) is 26.1 Å². The van der Waals surface area contributed by atoms with E-state index in [4.69, 9.17) is 23.4 Å². The lowest BCUT2D eigenvalue weighted by atomic mass is 9.39. The summed E-state index contributed by atoms with van der Waals surface area (Å²) in [4.78, 5) is 67.0. The maximum absolute atomic E-state index is 14.8. The van der Waals surface area contributed by atoms with Gasteiger partial charge < -0.3 is 28.5 Å². The number of esters is 4. The van der Waals surface area contributed by atoms with E-state index in [9.17, 15) is 29.1 Å². The van der Waals surface area contributed by atoms with Crippen LogP contribution in [-0.2, 0) is 42.9 Å². The summed E-state index contributed by atoms with van der Waals surface area (Å²) < 4.78 is 27.9. The Kier molecular flexibility index (Phi) is 7.95. The Morgan fingerprint density at radius 1 is 1.11 bits per heavy atom. The Hall–Kier alpha value is -3.73. The molecule has 3 fully saturated rings. The maximum Gasteiger partial charge on any atom is 0.347 e. The van der Waals surface area contributed by atoms with Crippen molar-refractivity contribution in [1.82, 2.24) is 0 Å². The van der Waals surface area contributed by atoms with Crippen molar-refractivity contribution in [3.63, 3.8) is 0 Å². The molecule has 11 nitrogen and oxygen atoms in total. The second kappa shape index (κ2) is 11.0. The molecule has 1 N–H and O–H groups in total. The zero-order chi connectivity index (χ0) is 33.3. The van der Waals surface area contributed by atoms with Gasteiger partial charge in [-0.15, -0.1) is 0 Å². The highest BCUT2D eigenvalue weighted by Crippen LogP contribution is 2.69. The first-order chi connectivity index (χ1) is 21.0. The van der Waals surface area contributed by atoms with Crippen LogP contribution in [-0.4, -0.2) is 59.7 Å². The molecule has 5 rings (SSSR count). The molecule has 0 amide bonds. The summed E-state index contributed by atoms with van der Waals surface area (Å²) in [6.07, 6.45) is 3.35. The number of cyclic esters (lactones) is 1. The van der Waals surface area contributed by atoms with Gasteiger partial charge in [0.2, 0.25) is 6.10 Å². The van der Waals surface area contributed by atoms with Gasteiger partial charge in [-0.3, -0.25) is 14.4 Å². The van der Waals surface area contributed by atoms with E-state index in [1.807, 2.05) is 6.92 Å². The monoisotopic (exact) mass is 626 g/mol. The molecule has 45 heavy (non-hydrogen) atoms. The van der Waals surface area contributed by atoms with Crippen molar-refractivity contribution in [3.05, 3.63) is 47.5 Å². The lowest BCUT2D eigenvalue weighted by molar-refractivity contribution is -0.238. The van der Waals surface area contributed by atoms with Gasteiger partial charge in [-0.05, 0) is 50.7 Å². The zero-order valence-electron chi connectivity index (χ0n) is 27.0. The van der Waals surface area contributed by atoms with Crippen LogP contribution in [0.25, 0.3) is 0 Å². The van der Waals surface area contributed by atoms with Crippen LogP contribution in [0, 0.1) is 34.0 Å². The molecule has 11 heteroatoms. The molecule has 244 valence electrons. The van der Waals surface area contributed by atoms with Crippen molar-refractivity contribution in [3.8, 4) is 0 Å². The molecule has 1 aliphatic heterocycles. The molecule has 2 saturated carbocycles. The molecular formula is C34H42O11. The Morgan fingerprint density at radius 2 is 1.80 bits per heavy atom. The number of Topliss-reactive ketones (excluding diaryl/α,β-unsaturated/α-hetero) is 1. The smallest absolute Gasteiger partial charge is 0.347 e. The van der Waals surface area contributed by atoms with Gasteiger partial charge in [-0.2, -0.15) is 0 Å². The van der Waals surface area contributed by atoms with Gasteiger partial charge in [-0.1, -0.05) is 39.3 Å². The van der Waals surface area contributed by atoms with Crippen molar-refractivity contribution in [2.75, 3.05) is 7.11 Å². The summed E-state index contributed by atoms with van der Waals surface area (Å²) in [5.41, 5.74) is -4.20. The first-order valence-corrected chi connectivity index (χ1v) is 15.3. The van der Waals surface area contributed by atoms with Crippen molar-refractivity contribution in [2.24, 2.45) is 34.0 Å². The predicted molar refractivity (Wildman–Crippen MR) is 157 cm³/mol. The fourth-order valence-corrected chi connectivity index (χ4v) is 9.06. The van der Waals surface area contributed by atoms with E-state index < -0.39 is 87.6 Å². The summed E-state index contributed by atoms with van der Waals surface area (Å²) in [7, 11) is 1.16. The molecule has 2 bridgehead atoms. The number of hydrogen-bond donors (Lipinski definition) is 1. The van der Waals surface area contributed by atoms with Gasteiger partial charge >= 0.3 is 23.9 Å². The van der Waals surface area contributed by atoms with Gasteiger partial charge in [0, 0.05) is 40.2 Å². The summed E-state index contributed by atoms with van der Waals surface area (Å²) in [5.74, 6) is -5.63. The van der Waals surface area contributed by atoms with Gasteiger partial charge in [0.1, 0.15) is 12.2 Å². The van der Waals surface area contributed by atoms with E-state index in [0.717, 1.165) is 14.0 Å². The van der Waals surface area contributed by atoms with Crippen LogP contribution in [0.4, 0.5) is 0 Å². The number of fused-ring (bicyclic) bond motifs is 6. The van der Waals surface area contributed by atoms with E-state index in [2.05, 4.69) is 0 Å². The molecule has 0 radical (unpaired) electrons. The predicted octanol–water partition coefficient (Wildman–Crippen LogP) is 4.19. The number of allylic oxidation sites excluding steroid dienone is 2. The van der Waals surface area contributed by atoms with E-state index in [1.165, 1.54) is 18.6 Å². The molecule has 9 atom stereocenters. The van der Waals surface area contributed by atoms with Crippen molar-refractivity contribution in [2.45, 2.75) is 91.6 Å². The van der Waals surface area contributed by atoms with Crippen LogP contribution in [0.1, 0.15) is 79.4 Å². The number of rotatable bonds is 6. The van der Waals surface area contributed by atoms with Gasteiger partial charge in [-0.25, -0.2) is 9.59 Å². The number of ether oxygens (including phenoxy) is 4. The van der Waals surface area contributed by atoms with Gasteiger partial charge in [0.25, 0.3) is 0 Å². The SMILES string of the molecule is CC=C(C)C(=O)O[C@H]1C(C)(C)[C@H]([C@@H](OC(C)=O)C(=O)OC)[C@]2(C)C(=O)[C@@]1(O)C=C1[C@H]3CC(=O)O[C@@H](c4ccoc4)[C@]3(C)CC[C@@H]12. The average molecular weight is 627 g/mol. The molecule has 0 aromatic carbocycles. The van der Waals surface area contributed by atoms with Crippen LogP contribution < -0.4 is 0 Å². The fraction of sp³-hybridized carbons (Fsp3) is 0.618. The highest BCUT2D eigenvalue weighted by molar-refractivity contribution is 6.00. The van der Waals surface area contributed by atoms with Crippen molar-refractivity contribution < 1.29 is 52.4 Å². The fourth-order valence-electron chi connectivity index (χ4n) is 9.06. The molecule has 1 aromatic heterocycles. The molecule has 1 saturated heterocycles. The first-order valence-electron chi connectivity index (χ1n) is 15.3. The number of ketones is 1. The number of carbonyl (C=O) groups excluding carboxylic acids is 5. The van der Waals surface area contributed by atoms with E-state index in [1.54, 1.807) is 46.8 Å². The minimum atomic E-state index is -2.33. The van der Waals surface area contributed by atoms with E-state index in [0.29, 0.717) is 24.0 Å². The number of methoxy groups -OCH3 is 1.